The number of ether oxygens (including phenoxy) is 1. The summed E-state index contributed by atoms with van der Waals surface area (Å²) in [6.07, 6.45) is 9.05. The lowest BCUT2D eigenvalue weighted by Gasteiger charge is -2.31. The summed E-state index contributed by atoms with van der Waals surface area (Å²) in [5.41, 5.74) is 5.37. The van der Waals surface area contributed by atoms with Crippen LogP contribution in [0.1, 0.15) is 29.9 Å². The van der Waals surface area contributed by atoms with Crippen LogP contribution in [0.4, 0.5) is 5.69 Å². The van der Waals surface area contributed by atoms with Gasteiger partial charge in [-0.05, 0) is 78.8 Å². The lowest BCUT2D eigenvalue weighted by atomic mass is 9.97. The predicted molar refractivity (Wildman–Crippen MR) is 117 cm³/mol. The van der Waals surface area contributed by atoms with E-state index in [0.717, 1.165) is 32.8 Å². The van der Waals surface area contributed by atoms with Gasteiger partial charge in [0.2, 0.25) is 0 Å². The van der Waals surface area contributed by atoms with E-state index in [0.29, 0.717) is 24.8 Å². The fourth-order valence-corrected chi connectivity index (χ4v) is 5.59. The summed E-state index contributed by atoms with van der Waals surface area (Å²) < 4.78 is 5.24. The molecule has 2 aromatic carbocycles. The van der Waals surface area contributed by atoms with Crippen LogP contribution < -0.4 is 4.90 Å². The topological polar surface area (TPSA) is 49.8 Å². The zero-order chi connectivity index (χ0) is 20.1. The molecule has 0 spiro atoms. The quantitative estimate of drug-likeness (QED) is 0.813. The van der Waals surface area contributed by atoms with Crippen molar-refractivity contribution in [3.8, 4) is 16.9 Å². The molecular weight excluding hydrogens is 370 g/mol. The van der Waals surface area contributed by atoms with E-state index in [2.05, 4.69) is 50.0 Å². The Balaban J connectivity index is 1.78. The molecule has 4 rings (SSSR count). The minimum Gasteiger partial charge on any atom is -0.507 e. The molecule has 2 aliphatic rings. The van der Waals surface area contributed by atoms with E-state index in [1.165, 1.54) is 12.8 Å². The first-order valence-electron chi connectivity index (χ1n) is 9.80. The molecule has 0 unspecified atom stereocenters. The SMILES string of the molecule is Cc1cc(N2CCOCC2=O)ccc1-c1ccc(C2CC2)c(O)c1S(C)(C)C. The number of nitrogens with zero attached hydrogens (tertiary/aromatic N) is 1. The van der Waals surface area contributed by atoms with Gasteiger partial charge in [0.25, 0.3) is 5.91 Å². The Morgan fingerprint density at radius 2 is 1.82 bits per heavy atom. The smallest absolute Gasteiger partial charge is 0.253 e. The zero-order valence-corrected chi connectivity index (χ0v) is 17.9. The number of aryl methyl sites for hydroxylation is 1. The monoisotopic (exact) mass is 399 g/mol. The van der Waals surface area contributed by atoms with Crippen LogP contribution in [0.3, 0.4) is 0 Å². The van der Waals surface area contributed by atoms with Crippen LogP contribution in [0.5, 0.6) is 5.75 Å². The summed E-state index contributed by atoms with van der Waals surface area (Å²) in [4.78, 5) is 15.1. The molecule has 0 bridgehead atoms. The van der Waals surface area contributed by atoms with E-state index in [9.17, 15) is 9.90 Å². The number of benzene rings is 2. The second kappa shape index (κ2) is 7.12. The van der Waals surface area contributed by atoms with E-state index in [1.807, 2.05) is 6.07 Å². The Kier molecular flexibility index (Phi) is 4.92. The zero-order valence-electron chi connectivity index (χ0n) is 17.1. The average molecular weight is 400 g/mol. The fourth-order valence-electron chi connectivity index (χ4n) is 4.05. The van der Waals surface area contributed by atoms with E-state index >= 15 is 0 Å². The molecular formula is C23H29NO3S. The van der Waals surface area contributed by atoms with Crippen molar-refractivity contribution in [3.05, 3.63) is 41.5 Å². The van der Waals surface area contributed by atoms with Gasteiger partial charge in [-0.3, -0.25) is 4.79 Å². The average Bonchev–Trinajstić information content (AvgIpc) is 3.45. The largest absolute Gasteiger partial charge is 0.507 e. The Labute approximate surface area is 168 Å². The molecule has 1 saturated carbocycles. The van der Waals surface area contributed by atoms with Crippen molar-refractivity contribution in [2.45, 2.75) is 30.6 Å². The maximum absolute atomic E-state index is 12.2. The molecule has 0 atom stereocenters. The van der Waals surface area contributed by atoms with Crippen molar-refractivity contribution in [3.63, 3.8) is 0 Å². The number of hydrogen-bond donors (Lipinski definition) is 1. The molecule has 2 aromatic rings. The molecule has 1 heterocycles. The van der Waals surface area contributed by atoms with Crippen LogP contribution in [0, 0.1) is 6.92 Å². The number of carbonyl (C=O) groups excluding carboxylic acids is 1. The molecule has 0 radical (unpaired) electrons. The summed E-state index contributed by atoms with van der Waals surface area (Å²) in [6.45, 7) is 3.39. The second-order valence-electron chi connectivity index (χ2n) is 8.59. The molecule has 1 aliphatic carbocycles. The van der Waals surface area contributed by atoms with Gasteiger partial charge in [0, 0.05) is 17.1 Å². The molecule has 2 fully saturated rings. The second-order valence-corrected chi connectivity index (χ2v) is 12.7. The predicted octanol–water partition coefficient (Wildman–Crippen LogP) is 4.66. The van der Waals surface area contributed by atoms with Gasteiger partial charge in [-0.25, -0.2) is 10.0 Å². The number of phenols is 1. The highest BCUT2D eigenvalue weighted by molar-refractivity contribution is 8.32. The molecule has 0 aromatic heterocycles. The molecule has 5 heteroatoms. The van der Waals surface area contributed by atoms with Crippen LogP contribution in [0.25, 0.3) is 11.1 Å². The van der Waals surface area contributed by atoms with Gasteiger partial charge in [0.15, 0.2) is 0 Å². The summed E-state index contributed by atoms with van der Waals surface area (Å²) >= 11 is 0. The standard InChI is InChI=1S/C23H29NO3S/c1-15-13-17(24-11-12-27-14-21(24)25)7-8-18(15)20-10-9-19(16-5-6-16)22(26)23(20)28(2,3)4/h7-10,13,16,26H,5-6,11-12,14H2,1-4H3. The first-order chi connectivity index (χ1) is 13.3. The van der Waals surface area contributed by atoms with Gasteiger partial charge in [-0.2, -0.15) is 0 Å². The highest BCUT2D eigenvalue weighted by Crippen LogP contribution is 2.58. The number of rotatable bonds is 4. The summed E-state index contributed by atoms with van der Waals surface area (Å²) in [5, 5.41) is 11.1. The lowest BCUT2D eigenvalue weighted by Crippen LogP contribution is -2.41. The third kappa shape index (κ3) is 3.53. The van der Waals surface area contributed by atoms with Gasteiger partial charge in [0.1, 0.15) is 12.4 Å². The van der Waals surface area contributed by atoms with Gasteiger partial charge < -0.3 is 14.7 Å². The number of morpholine rings is 1. The number of amides is 1. The minimum atomic E-state index is -1.13. The summed E-state index contributed by atoms with van der Waals surface area (Å²) in [5.74, 6) is 1.02. The minimum absolute atomic E-state index is 0.00431. The third-order valence-electron chi connectivity index (χ3n) is 5.59. The maximum Gasteiger partial charge on any atom is 0.253 e. The first kappa shape index (κ1) is 19.3. The van der Waals surface area contributed by atoms with Crippen molar-refractivity contribution in [1.82, 2.24) is 0 Å². The van der Waals surface area contributed by atoms with Gasteiger partial charge in [-0.15, -0.1) is 0 Å². The van der Waals surface area contributed by atoms with E-state index in [4.69, 9.17) is 4.74 Å². The molecule has 1 aliphatic heterocycles. The van der Waals surface area contributed by atoms with Crippen LogP contribution in [-0.4, -0.2) is 49.5 Å². The number of hydrogen-bond acceptors (Lipinski definition) is 3. The molecule has 1 N–H and O–H groups in total. The Morgan fingerprint density at radius 3 is 2.43 bits per heavy atom. The first-order valence-corrected chi connectivity index (χ1v) is 12.7. The Morgan fingerprint density at radius 1 is 1.11 bits per heavy atom. The van der Waals surface area contributed by atoms with Crippen LogP contribution in [0.15, 0.2) is 35.2 Å². The maximum atomic E-state index is 12.2. The Hall–Kier alpha value is -1.98. The molecule has 1 saturated heterocycles. The van der Waals surface area contributed by atoms with Crippen molar-refractivity contribution < 1.29 is 14.6 Å². The highest BCUT2D eigenvalue weighted by atomic mass is 32.3. The van der Waals surface area contributed by atoms with E-state index in [1.54, 1.807) is 4.90 Å². The van der Waals surface area contributed by atoms with Crippen molar-refractivity contribution in [2.75, 3.05) is 43.4 Å². The third-order valence-corrected chi connectivity index (χ3v) is 7.23. The molecule has 28 heavy (non-hydrogen) atoms. The van der Waals surface area contributed by atoms with Crippen LogP contribution in [-0.2, 0) is 9.53 Å². The van der Waals surface area contributed by atoms with Crippen molar-refractivity contribution in [1.29, 1.82) is 0 Å². The lowest BCUT2D eigenvalue weighted by molar-refractivity contribution is -0.125. The van der Waals surface area contributed by atoms with Gasteiger partial charge >= 0.3 is 0 Å². The van der Waals surface area contributed by atoms with Crippen LogP contribution in [0.2, 0.25) is 0 Å². The molecule has 4 nitrogen and oxygen atoms in total. The van der Waals surface area contributed by atoms with Crippen LogP contribution >= 0.6 is 10.0 Å². The Bertz CT molecular complexity index is 928. The number of aromatic hydroxyl groups is 1. The van der Waals surface area contributed by atoms with Crippen molar-refractivity contribution in [2.24, 2.45) is 0 Å². The highest BCUT2D eigenvalue weighted by Gasteiger charge is 2.31. The molecule has 150 valence electrons. The van der Waals surface area contributed by atoms with Gasteiger partial charge in [-0.1, -0.05) is 18.2 Å². The fraction of sp³-hybridized carbons (Fsp3) is 0.435. The molecule has 1 amide bonds. The van der Waals surface area contributed by atoms with E-state index in [-0.39, 0.29) is 12.5 Å². The van der Waals surface area contributed by atoms with Gasteiger partial charge in [0.05, 0.1) is 6.61 Å². The summed E-state index contributed by atoms with van der Waals surface area (Å²) in [6, 6.07) is 10.5. The van der Waals surface area contributed by atoms with Crippen molar-refractivity contribution >= 4 is 21.6 Å². The number of carbonyl (C=O) groups is 1. The summed E-state index contributed by atoms with van der Waals surface area (Å²) in [7, 11) is -1.13. The normalized spacial score (nSPS) is 18.4. The number of phenolic OH excluding ortho intramolecular Hbond substituents is 1. The number of anilines is 1. The van der Waals surface area contributed by atoms with E-state index < -0.39 is 10.0 Å².